The van der Waals surface area contributed by atoms with Crippen molar-refractivity contribution in [1.82, 2.24) is 14.8 Å². The van der Waals surface area contributed by atoms with Gasteiger partial charge in [-0.25, -0.2) is 0 Å². The van der Waals surface area contributed by atoms with Crippen LogP contribution in [0.3, 0.4) is 0 Å². The van der Waals surface area contributed by atoms with Crippen LogP contribution in [0.15, 0.2) is 66.7 Å². The summed E-state index contributed by atoms with van der Waals surface area (Å²) in [4.78, 5) is 34.9. The summed E-state index contributed by atoms with van der Waals surface area (Å²) in [6, 6.07) is 20.5. The lowest BCUT2D eigenvalue weighted by molar-refractivity contribution is -0.158. The molecule has 0 spiro atoms. The number of carbonyl (C=O) groups is 2. The van der Waals surface area contributed by atoms with Gasteiger partial charge in [0.15, 0.2) is 11.5 Å². The smallest absolute Gasteiger partial charge is 0.246 e. The zero-order valence-corrected chi connectivity index (χ0v) is 22.3. The lowest BCUT2D eigenvalue weighted by Gasteiger charge is -2.47. The van der Waals surface area contributed by atoms with E-state index in [0.717, 1.165) is 33.3 Å². The molecule has 2 atom stereocenters. The number of benzene rings is 3. The van der Waals surface area contributed by atoms with Gasteiger partial charge in [0.1, 0.15) is 17.8 Å². The summed E-state index contributed by atoms with van der Waals surface area (Å²) < 4.78 is 16.5. The number of carbonyl (C=O) groups excluding carboxylic acids is 2. The van der Waals surface area contributed by atoms with Crippen LogP contribution < -0.4 is 14.2 Å². The van der Waals surface area contributed by atoms with E-state index in [2.05, 4.69) is 11.1 Å². The van der Waals surface area contributed by atoms with Gasteiger partial charge in [-0.05, 0) is 41.8 Å². The summed E-state index contributed by atoms with van der Waals surface area (Å²) in [5.41, 5.74) is 4.87. The highest BCUT2D eigenvalue weighted by atomic mass is 16.5. The first-order chi connectivity index (χ1) is 19.0. The molecule has 2 aliphatic heterocycles. The molecular weight excluding hydrogens is 494 g/mol. The normalized spacial score (nSPS) is 18.6. The predicted molar refractivity (Wildman–Crippen MR) is 147 cm³/mol. The van der Waals surface area contributed by atoms with Crippen molar-refractivity contribution in [3.63, 3.8) is 0 Å². The molecule has 3 heterocycles. The van der Waals surface area contributed by atoms with Crippen LogP contribution in [0.2, 0.25) is 0 Å². The number of nitrogens with one attached hydrogen (secondary N) is 1. The van der Waals surface area contributed by atoms with Gasteiger partial charge in [-0.15, -0.1) is 0 Å². The van der Waals surface area contributed by atoms with Crippen molar-refractivity contribution in [3.8, 4) is 17.2 Å². The molecule has 1 unspecified atom stereocenters. The summed E-state index contributed by atoms with van der Waals surface area (Å²) in [5, 5.41) is 1.08. The highest BCUT2D eigenvalue weighted by molar-refractivity contribution is 5.97. The fourth-order valence-corrected chi connectivity index (χ4v) is 6.03. The van der Waals surface area contributed by atoms with Crippen molar-refractivity contribution in [2.24, 2.45) is 0 Å². The number of para-hydroxylation sites is 2. The third-order valence-corrected chi connectivity index (χ3v) is 7.89. The standard InChI is InChI=1S/C31H31N3O5/c1-37-25-11-7-5-9-21(25)30-29-22(20-8-4-6-10-23(20)32-29)17-24-31(36)33(18-28(35)34(24)30)15-14-19-12-13-26(38-2)27(16-19)39-3/h4-13,16,24,30,32H,14-15,17-18H2,1-3H3/t24-,30?/m0/s1. The lowest BCUT2D eigenvalue weighted by atomic mass is 9.86. The molecule has 0 radical (unpaired) electrons. The molecule has 0 saturated carbocycles. The average molecular weight is 526 g/mol. The van der Waals surface area contributed by atoms with Gasteiger partial charge >= 0.3 is 0 Å². The molecule has 1 fully saturated rings. The Balaban J connectivity index is 1.36. The topological polar surface area (TPSA) is 84.1 Å². The monoisotopic (exact) mass is 525 g/mol. The van der Waals surface area contributed by atoms with Crippen LogP contribution in [0, 0.1) is 0 Å². The second kappa shape index (κ2) is 10.0. The minimum absolute atomic E-state index is 0.0316. The van der Waals surface area contributed by atoms with E-state index in [-0.39, 0.29) is 18.4 Å². The molecule has 1 N–H and O–H groups in total. The summed E-state index contributed by atoms with van der Waals surface area (Å²) in [7, 11) is 4.83. The van der Waals surface area contributed by atoms with Crippen LogP contribution in [-0.2, 0) is 22.4 Å². The van der Waals surface area contributed by atoms with Gasteiger partial charge in [-0.1, -0.05) is 42.5 Å². The van der Waals surface area contributed by atoms with Crippen LogP contribution in [-0.4, -0.2) is 67.1 Å². The molecule has 8 heteroatoms. The zero-order valence-electron chi connectivity index (χ0n) is 22.3. The van der Waals surface area contributed by atoms with Crippen LogP contribution >= 0.6 is 0 Å². The number of ether oxygens (including phenoxy) is 3. The van der Waals surface area contributed by atoms with E-state index in [1.54, 1.807) is 31.1 Å². The maximum absolute atomic E-state index is 14.0. The molecule has 0 bridgehead atoms. The Labute approximate surface area is 227 Å². The Bertz CT molecular complexity index is 1560. The van der Waals surface area contributed by atoms with E-state index < -0.39 is 12.1 Å². The van der Waals surface area contributed by atoms with Crippen molar-refractivity contribution >= 4 is 22.7 Å². The number of rotatable bonds is 7. The molecule has 200 valence electrons. The van der Waals surface area contributed by atoms with Crippen LogP contribution in [0.25, 0.3) is 10.9 Å². The fourth-order valence-electron chi connectivity index (χ4n) is 6.03. The van der Waals surface area contributed by atoms with Crippen LogP contribution in [0.4, 0.5) is 0 Å². The van der Waals surface area contributed by atoms with E-state index >= 15 is 0 Å². The van der Waals surface area contributed by atoms with Gasteiger partial charge in [-0.3, -0.25) is 9.59 Å². The number of piperazine rings is 1. The Morgan fingerprint density at radius 1 is 0.872 bits per heavy atom. The third kappa shape index (κ3) is 4.16. The fraction of sp³-hybridized carbons (Fsp3) is 0.290. The van der Waals surface area contributed by atoms with E-state index in [4.69, 9.17) is 14.2 Å². The average Bonchev–Trinajstić information content (AvgIpc) is 3.35. The van der Waals surface area contributed by atoms with E-state index in [0.29, 0.717) is 36.6 Å². The van der Waals surface area contributed by atoms with Crippen LogP contribution in [0.1, 0.15) is 28.4 Å². The molecular formula is C31H31N3O5. The van der Waals surface area contributed by atoms with Crippen LogP contribution in [0.5, 0.6) is 17.2 Å². The minimum atomic E-state index is -0.599. The summed E-state index contributed by atoms with van der Waals surface area (Å²) in [6.45, 7) is 0.467. The quantitative estimate of drug-likeness (QED) is 0.393. The van der Waals surface area contributed by atoms with E-state index in [1.165, 1.54) is 0 Å². The highest BCUT2D eigenvalue weighted by Gasteiger charge is 2.48. The Kier molecular flexibility index (Phi) is 6.38. The van der Waals surface area contributed by atoms with Crippen molar-refractivity contribution in [1.29, 1.82) is 0 Å². The van der Waals surface area contributed by atoms with Gasteiger partial charge in [0.05, 0.1) is 27.9 Å². The number of aromatic amines is 1. The number of H-pyrrole nitrogens is 1. The van der Waals surface area contributed by atoms with Gasteiger partial charge < -0.3 is 29.0 Å². The third-order valence-electron chi connectivity index (χ3n) is 7.89. The number of methoxy groups -OCH3 is 3. The zero-order chi connectivity index (χ0) is 27.1. The number of fused-ring (bicyclic) bond motifs is 4. The molecule has 0 aliphatic carbocycles. The molecule has 4 aromatic rings. The molecule has 3 aromatic carbocycles. The summed E-state index contributed by atoms with van der Waals surface area (Å²) in [6.07, 6.45) is 1.06. The van der Waals surface area contributed by atoms with Gasteiger partial charge in [-0.2, -0.15) is 0 Å². The van der Waals surface area contributed by atoms with Gasteiger partial charge in [0, 0.05) is 35.1 Å². The van der Waals surface area contributed by atoms with Gasteiger partial charge in [0.25, 0.3) is 0 Å². The van der Waals surface area contributed by atoms with Crippen molar-refractivity contribution in [2.45, 2.75) is 24.9 Å². The number of aromatic nitrogens is 1. The first-order valence-corrected chi connectivity index (χ1v) is 13.1. The maximum atomic E-state index is 14.0. The molecule has 1 saturated heterocycles. The second-order valence-electron chi connectivity index (χ2n) is 9.93. The van der Waals surface area contributed by atoms with Crippen molar-refractivity contribution in [2.75, 3.05) is 34.4 Å². The number of hydrogen-bond acceptors (Lipinski definition) is 5. The summed E-state index contributed by atoms with van der Waals surface area (Å²) in [5.74, 6) is 1.86. The SMILES string of the molecule is COc1ccc(CCN2CC(=O)N3C(c4ccccc4OC)c4[nH]c5ccccc5c4C[C@H]3C2=O)cc1OC. The molecule has 2 amide bonds. The first kappa shape index (κ1) is 24.9. The Morgan fingerprint density at radius 2 is 1.62 bits per heavy atom. The molecule has 8 nitrogen and oxygen atoms in total. The molecule has 2 aliphatic rings. The lowest BCUT2D eigenvalue weighted by Crippen LogP contribution is -2.63. The first-order valence-electron chi connectivity index (χ1n) is 13.1. The van der Waals surface area contributed by atoms with E-state index in [1.807, 2.05) is 60.7 Å². The Morgan fingerprint density at radius 3 is 2.41 bits per heavy atom. The molecule has 6 rings (SSSR count). The molecule has 1 aromatic heterocycles. The predicted octanol–water partition coefficient (Wildman–Crippen LogP) is 4.12. The van der Waals surface area contributed by atoms with Crippen molar-refractivity contribution < 1.29 is 23.8 Å². The Hall–Kier alpha value is -4.46. The van der Waals surface area contributed by atoms with E-state index in [9.17, 15) is 9.59 Å². The van der Waals surface area contributed by atoms with Crippen molar-refractivity contribution in [3.05, 3.63) is 89.1 Å². The number of amides is 2. The largest absolute Gasteiger partial charge is 0.496 e. The highest BCUT2D eigenvalue weighted by Crippen LogP contribution is 2.44. The van der Waals surface area contributed by atoms with Gasteiger partial charge in [0.2, 0.25) is 11.8 Å². The maximum Gasteiger partial charge on any atom is 0.246 e. The molecule has 39 heavy (non-hydrogen) atoms. The summed E-state index contributed by atoms with van der Waals surface area (Å²) >= 11 is 0. The minimum Gasteiger partial charge on any atom is -0.496 e. The second-order valence-corrected chi connectivity index (χ2v) is 9.93. The number of hydrogen-bond donors (Lipinski definition) is 1. The number of nitrogens with zero attached hydrogens (tertiary/aromatic N) is 2.